The van der Waals surface area contributed by atoms with E-state index >= 15 is 0 Å². The number of nitrogens with one attached hydrogen (secondary N) is 1. The molecular formula is C10H13N3O3. The molecule has 0 amide bonds. The van der Waals surface area contributed by atoms with E-state index in [1.165, 1.54) is 12.4 Å². The molecule has 1 aliphatic heterocycles. The number of aromatic amines is 1. The van der Waals surface area contributed by atoms with Crippen LogP contribution in [0.3, 0.4) is 0 Å². The molecule has 2 N–H and O–H groups in total. The number of aliphatic carboxylic acids is 1. The maximum atomic E-state index is 11.5. The maximum Gasteiger partial charge on any atom is 0.303 e. The van der Waals surface area contributed by atoms with E-state index in [1.807, 2.05) is 4.90 Å². The van der Waals surface area contributed by atoms with Crippen LogP contribution < -0.4 is 10.5 Å². The fraction of sp³-hybridized carbons (Fsp3) is 0.500. The summed E-state index contributed by atoms with van der Waals surface area (Å²) in [5.74, 6) is -0.295. The lowest BCUT2D eigenvalue weighted by atomic mass is 10.1. The lowest BCUT2D eigenvalue weighted by Crippen LogP contribution is -2.28. The molecule has 1 saturated heterocycles. The second-order valence-corrected chi connectivity index (χ2v) is 3.94. The third kappa shape index (κ3) is 2.21. The van der Waals surface area contributed by atoms with E-state index in [-0.39, 0.29) is 17.9 Å². The quantitative estimate of drug-likeness (QED) is 0.757. The predicted molar refractivity (Wildman–Crippen MR) is 57.4 cm³/mol. The first-order valence-electron chi connectivity index (χ1n) is 5.17. The van der Waals surface area contributed by atoms with Crippen LogP contribution in [0.15, 0.2) is 17.2 Å². The van der Waals surface area contributed by atoms with E-state index < -0.39 is 5.97 Å². The Balaban J connectivity index is 2.07. The molecule has 1 aliphatic rings. The predicted octanol–water partition coefficient (Wildman–Crippen LogP) is 0.0709. The summed E-state index contributed by atoms with van der Waals surface area (Å²) in [4.78, 5) is 30.4. The number of carboxylic acid groups (broad SMARTS) is 1. The largest absolute Gasteiger partial charge is 0.481 e. The van der Waals surface area contributed by atoms with Gasteiger partial charge in [0.1, 0.15) is 0 Å². The van der Waals surface area contributed by atoms with Crippen LogP contribution in [0.5, 0.6) is 0 Å². The molecule has 1 fully saturated rings. The number of H-pyrrole nitrogens is 1. The highest BCUT2D eigenvalue weighted by Gasteiger charge is 2.26. The second-order valence-electron chi connectivity index (χ2n) is 3.94. The molecule has 2 heterocycles. The third-order valence-electron chi connectivity index (χ3n) is 2.74. The van der Waals surface area contributed by atoms with Gasteiger partial charge >= 0.3 is 5.97 Å². The van der Waals surface area contributed by atoms with E-state index in [2.05, 4.69) is 9.97 Å². The van der Waals surface area contributed by atoms with Crippen LogP contribution in [0.4, 0.5) is 5.82 Å². The number of hydrogen-bond acceptors (Lipinski definition) is 4. The van der Waals surface area contributed by atoms with Gasteiger partial charge in [0.25, 0.3) is 5.56 Å². The van der Waals surface area contributed by atoms with Crippen LogP contribution in [0, 0.1) is 5.92 Å². The van der Waals surface area contributed by atoms with E-state index in [4.69, 9.17) is 5.11 Å². The molecule has 1 atom stereocenters. The van der Waals surface area contributed by atoms with E-state index in [0.717, 1.165) is 6.42 Å². The number of carbonyl (C=O) groups is 1. The molecule has 6 heteroatoms. The van der Waals surface area contributed by atoms with E-state index in [9.17, 15) is 9.59 Å². The molecule has 1 aromatic heterocycles. The van der Waals surface area contributed by atoms with Crippen molar-refractivity contribution in [2.75, 3.05) is 18.0 Å². The number of anilines is 1. The molecule has 0 aromatic carbocycles. The Morgan fingerprint density at radius 2 is 2.50 bits per heavy atom. The van der Waals surface area contributed by atoms with Crippen LogP contribution in [0.1, 0.15) is 12.8 Å². The Morgan fingerprint density at radius 3 is 3.19 bits per heavy atom. The minimum absolute atomic E-state index is 0.110. The fourth-order valence-electron chi connectivity index (χ4n) is 2.01. The van der Waals surface area contributed by atoms with Crippen molar-refractivity contribution in [3.8, 4) is 0 Å². The van der Waals surface area contributed by atoms with Crippen LogP contribution in [0.25, 0.3) is 0 Å². The average molecular weight is 223 g/mol. The Hall–Kier alpha value is -1.85. The molecule has 0 aliphatic carbocycles. The summed E-state index contributed by atoms with van der Waals surface area (Å²) in [6.07, 6.45) is 3.96. The number of hydrogen-bond donors (Lipinski definition) is 2. The monoisotopic (exact) mass is 223 g/mol. The molecule has 6 nitrogen and oxygen atoms in total. The molecule has 0 spiro atoms. The molecule has 2 rings (SSSR count). The molecule has 0 saturated carbocycles. The summed E-state index contributed by atoms with van der Waals surface area (Å²) >= 11 is 0. The van der Waals surface area contributed by atoms with Crippen LogP contribution in [-0.2, 0) is 4.79 Å². The van der Waals surface area contributed by atoms with Gasteiger partial charge in [-0.05, 0) is 12.3 Å². The zero-order chi connectivity index (χ0) is 11.5. The van der Waals surface area contributed by atoms with Gasteiger partial charge in [-0.2, -0.15) is 0 Å². The number of nitrogens with zero attached hydrogens (tertiary/aromatic N) is 2. The first kappa shape index (κ1) is 10.7. The van der Waals surface area contributed by atoms with Gasteiger partial charge in [-0.3, -0.25) is 9.59 Å². The Morgan fingerprint density at radius 1 is 1.69 bits per heavy atom. The number of rotatable bonds is 3. The lowest BCUT2D eigenvalue weighted by Gasteiger charge is -2.15. The lowest BCUT2D eigenvalue weighted by molar-refractivity contribution is -0.137. The summed E-state index contributed by atoms with van der Waals surface area (Å²) in [5, 5.41) is 8.68. The molecule has 86 valence electrons. The van der Waals surface area contributed by atoms with Gasteiger partial charge in [0.05, 0.1) is 0 Å². The van der Waals surface area contributed by atoms with Crippen molar-refractivity contribution in [1.29, 1.82) is 0 Å². The highest BCUT2D eigenvalue weighted by atomic mass is 16.4. The minimum Gasteiger partial charge on any atom is -0.481 e. The summed E-state index contributed by atoms with van der Waals surface area (Å²) in [6, 6.07) is 0. The van der Waals surface area contributed by atoms with Crippen molar-refractivity contribution in [2.24, 2.45) is 5.92 Å². The van der Waals surface area contributed by atoms with Gasteiger partial charge in [0.2, 0.25) is 0 Å². The maximum absolute atomic E-state index is 11.5. The van der Waals surface area contributed by atoms with Crippen LogP contribution in [0.2, 0.25) is 0 Å². The second kappa shape index (κ2) is 4.34. The molecular weight excluding hydrogens is 210 g/mol. The van der Waals surface area contributed by atoms with Gasteiger partial charge < -0.3 is 15.0 Å². The Labute approximate surface area is 91.9 Å². The minimum atomic E-state index is -0.790. The van der Waals surface area contributed by atoms with Gasteiger partial charge in [-0.25, -0.2) is 4.98 Å². The Bertz CT molecular complexity index is 443. The summed E-state index contributed by atoms with van der Waals surface area (Å²) in [6.45, 7) is 1.28. The van der Waals surface area contributed by atoms with Gasteiger partial charge in [-0.1, -0.05) is 0 Å². The zero-order valence-electron chi connectivity index (χ0n) is 8.72. The van der Waals surface area contributed by atoms with Crippen molar-refractivity contribution < 1.29 is 9.90 Å². The zero-order valence-corrected chi connectivity index (χ0v) is 8.72. The third-order valence-corrected chi connectivity index (χ3v) is 2.74. The van der Waals surface area contributed by atoms with Crippen molar-refractivity contribution in [3.63, 3.8) is 0 Å². The van der Waals surface area contributed by atoms with E-state index in [0.29, 0.717) is 18.9 Å². The average Bonchev–Trinajstić information content (AvgIpc) is 2.66. The smallest absolute Gasteiger partial charge is 0.303 e. The van der Waals surface area contributed by atoms with Crippen molar-refractivity contribution in [3.05, 3.63) is 22.7 Å². The van der Waals surface area contributed by atoms with Gasteiger partial charge in [0, 0.05) is 31.9 Å². The van der Waals surface area contributed by atoms with Crippen molar-refractivity contribution in [2.45, 2.75) is 12.8 Å². The van der Waals surface area contributed by atoms with E-state index in [1.54, 1.807) is 0 Å². The SMILES string of the molecule is O=C(O)CC1CCN(c2ncc[nH]c2=O)C1. The molecule has 1 aromatic rings. The first-order chi connectivity index (χ1) is 7.66. The fourth-order valence-corrected chi connectivity index (χ4v) is 2.01. The molecule has 1 unspecified atom stereocenters. The van der Waals surface area contributed by atoms with Gasteiger partial charge in [-0.15, -0.1) is 0 Å². The highest BCUT2D eigenvalue weighted by molar-refractivity contribution is 5.67. The normalized spacial score (nSPS) is 20.0. The summed E-state index contributed by atoms with van der Waals surface area (Å²) < 4.78 is 0. The molecule has 16 heavy (non-hydrogen) atoms. The van der Waals surface area contributed by atoms with Crippen LogP contribution >= 0.6 is 0 Å². The highest BCUT2D eigenvalue weighted by Crippen LogP contribution is 2.21. The van der Waals surface area contributed by atoms with Crippen molar-refractivity contribution in [1.82, 2.24) is 9.97 Å². The summed E-state index contributed by atoms with van der Waals surface area (Å²) in [5.41, 5.74) is -0.224. The molecule has 0 bridgehead atoms. The van der Waals surface area contributed by atoms with Crippen molar-refractivity contribution >= 4 is 11.8 Å². The number of aromatic nitrogens is 2. The topological polar surface area (TPSA) is 86.3 Å². The molecule has 0 radical (unpaired) electrons. The van der Waals surface area contributed by atoms with Gasteiger partial charge in [0.15, 0.2) is 5.82 Å². The summed E-state index contributed by atoms with van der Waals surface area (Å²) in [7, 11) is 0. The van der Waals surface area contributed by atoms with Crippen LogP contribution in [-0.4, -0.2) is 34.1 Å². The standard InChI is InChI=1S/C10H13N3O3/c14-8(15)5-7-1-4-13(6-7)9-10(16)12-3-2-11-9/h2-3,7H,1,4-6H2,(H,12,16)(H,14,15). The number of carboxylic acids is 1. The first-order valence-corrected chi connectivity index (χ1v) is 5.17. The Kier molecular flexibility index (Phi) is 2.89.